The molecule has 0 unspecified atom stereocenters. The van der Waals surface area contributed by atoms with Crippen LogP contribution < -0.4 is 11.1 Å². The van der Waals surface area contributed by atoms with E-state index in [9.17, 15) is 0 Å². The minimum Gasteiger partial charge on any atom is -0.370 e. The molecule has 0 aliphatic rings. The molecule has 5 nitrogen and oxygen atoms in total. The Morgan fingerprint density at radius 1 is 1.47 bits per heavy atom. The minimum absolute atomic E-state index is 0.461. The van der Waals surface area contributed by atoms with Crippen LogP contribution >= 0.6 is 0 Å². The Kier molecular flexibility index (Phi) is 5.52. The molecule has 0 aliphatic carbocycles. The summed E-state index contributed by atoms with van der Waals surface area (Å²) >= 11 is 0. The second kappa shape index (κ2) is 6.93. The van der Waals surface area contributed by atoms with E-state index in [2.05, 4.69) is 36.2 Å². The molecule has 1 heterocycles. The number of hydrogen-bond acceptors (Lipinski definition) is 2. The van der Waals surface area contributed by atoms with Gasteiger partial charge in [-0.3, -0.25) is 9.67 Å². The molecule has 1 rings (SSSR count). The maximum absolute atomic E-state index is 5.76. The van der Waals surface area contributed by atoms with Crippen LogP contribution in [0.15, 0.2) is 23.5 Å². The van der Waals surface area contributed by atoms with E-state index in [1.807, 2.05) is 16.9 Å². The van der Waals surface area contributed by atoms with Crippen LogP contribution in [0.5, 0.6) is 0 Å². The van der Waals surface area contributed by atoms with Crippen molar-refractivity contribution >= 4 is 5.96 Å². The average Bonchev–Trinajstić information content (AvgIpc) is 2.76. The fraction of sp³-hybridized carbons (Fsp3) is 0.667. The van der Waals surface area contributed by atoms with Crippen LogP contribution in [0.2, 0.25) is 0 Å². The van der Waals surface area contributed by atoms with Gasteiger partial charge in [0.1, 0.15) is 0 Å². The van der Waals surface area contributed by atoms with Crippen molar-refractivity contribution in [3.05, 3.63) is 18.5 Å². The fourth-order valence-corrected chi connectivity index (χ4v) is 1.41. The molecule has 0 spiro atoms. The number of aliphatic imine (C=N–C) groups is 1. The topological polar surface area (TPSA) is 68.2 Å². The lowest BCUT2D eigenvalue weighted by atomic mass is 10.2. The van der Waals surface area contributed by atoms with Crippen LogP contribution in [-0.4, -0.2) is 28.8 Å². The number of nitrogens with two attached hydrogens (primary N) is 1. The van der Waals surface area contributed by atoms with Crippen LogP contribution in [0.4, 0.5) is 0 Å². The zero-order valence-electron chi connectivity index (χ0n) is 10.9. The third kappa shape index (κ3) is 5.94. The van der Waals surface area contributed by atoms with Gasteiger partial charge in [0, 0.05) is 32.0 Å². The molecule has 1 aromatic heterocycles. The average molecular weight is 237 g/mol. The highest BCUT2D eigenvalue weighted by molar-refractivity contribution is 5.77. The first kappa shape index (κ1) is 13.5. The van der Waals surface area contributed by atoms with E-state index in [4.69, 9.17) is 5.73 Å². The predicted octanol–water partition coefficient (Wildman–Crippen LogP) is 1.08. The molecule has 1 aromatic rings. The predicted molar refractivity (Wildman–Crippen MR) is 70.7 cm³/mol. The first-order chi connectivity index (χ1) is 8.08. The van der Waals surface area contributed by atoms with Crippen molar-refractivity contribution in [1.82, 2.24) is 15.1 Å². The highest BCUT2D eigenvalue weighted by atomic mass is 15.3. The van der Waals surface area contributed by atoms with Gasteiger partial charge < -0.3 is 11.1 Å². The van der Waals surface area contributed by atoms with E-state index in [0.29, 0.717) is 17.8 Å². The third-order valence-corrected chi connectivity index (χ3v) is 2.32. The summed E-state index contributed by atoms with van der Waals surface area (Å²) < 4.78 is 1.92. The molecular weight excluding hydrogens is 214 g/mol. The monoisotopic (exact) mass is 237 g/mol. The Morgan fingerprint density at radius 2 is 2.24 bits per heavy atom. The highest BCUT2D eigenvalue weighted by Gasteiger charge is 2.03. The largest absolute Gasteiger partial charge is 0.370 e. The van der Waals surface area contributed by atoms with Crippen molar-refractivity contribution < 1.29 is 0 Å². The van der Waals surface area contributed by atoms with Crippen molar-refractivity contribution in [2.24, 2.45) is 22.6 Å². The second-order valence-electron chi connectivity index (χ2n) is 4.83. The molecule has 0 aliphatic heterocycles. The van der Waals surface area contributed by atoms with Gasteiger partial charge in [-0.15, -0.1) is 0 Å². The number of hydrogen-bond donors (Lipinski definition) is 2. The SMILES string of the molecule is CC(C)CN=C(N)NC[C@@H](C)Cn1cccn1. The molecule has 0 amide bonds. The molecule has 96 valence electrons. The summed E-state index contributed by atoms with van der Waals surface area (Å²) in [5.74, 6) is 1.53. The van der Waals surface area contributed by atoms with Crippen LogP contribution in [-0.2, 0) is 6.54 Å². The Bertz CT molecular complexity index is 329. The quantitative estimate of drug-likeness (QED) is 0.574. The molecule has 17 heavy (non-hydrogen) atoms. The van der Waals surface area contributed by atoms with Crippen LogP contribution in [0, 0.1) is 11.8 Å². The van der Waals surface area contributed by atoms with E-state index in [1.165, 1.54) is 0 Å². The second-order valence-corrected chi connectivity index (χ2v) is 4.83. The van der Waals surface area contributed by atoms with E-state index in [-0.39, 0.29) is 0 Å². The van der Waals surface area contributed by atoms with Crippen molar-refractivity contribution in [3.63, 3.8) is 0 Å². The first-order valence-electron chi connectivity index (χ1n) is 6.09. The van der Waals surface area contributed by atoms with Gasteiger partial charge in [-0.25, -0.2) is 0 Å². The van der Waals surface area contributed by atoms with Gasteiger partial charge in [-0.2, -0.15) is 5.10 Å². The normalized spacial score (nSPS) is 14.0. The summed E-state index contributed by atoms with van der Waals surface area (Å²) in [7, 11) is 0. The van der Waals surface area contributed by atoms with E-state index in [0.717, 1.165) is 19.6 Å². The lowest BCUT2D eigenvalue weighted by Gasteiger charge is -2.13. The van der Waals surface area contributed by atoms with Gasteiger partial charge in [0.2, 0.25) is 0 Å². The lowest BCUT2D eigenvalue weighted by molar-refractivity contribution is 0.444. The summed E-state index contributed by atoms with van der Waals surface area (Å²) in [6.07, 6.45) is 3.76. The smallest absolute Gasteiger partial charge is 0.188 e. The Hall–Kier alpha value is -1.52. The zero-order chi connectivity index (χ0) is 12.7. The van der Waals surface area contributed by atoms with Gasteiger partial charge in [-0.1, -0.05) is 20.8 Å². The summed E-state index contributed by atoms with van der Waals surface area (Å²) in [5.41, 5.74) is 5.76. The number of guanidine groups is 1. The Morgan fingerprint density at radius 3 is 2.82 bits per heavy atom. The Labute approximate surface area is 103 Å². The van der Waals surface area contributed by atoms with Crippen molar-refractivity contribution in [2.75, 3.05) is 13.1 Å². The fourth-order valence-electron chi connectivity index (χ4n) is 1.41. The van der Waals surface area contributed by atoms with Gasteiger partial charge in [0.05, 0.1) is 0 Å². The van der Waals surface area contributed by atoms with E-state index < -0.39 is 0 Å². The summed E-state index contributed by atoms with van der Waals surface area (Å²) in [6, 6.07) is 1.93. The molecule has 0 bridgehead atoms. The lowest BCUT2D eigenvalue weighted by Crippen LogP contribution is -2.36. The van der Waals surface area contributed by atoms with Gasteiger partial charge >= 0.3 is 0 Å². The van der Waals surface area contributed by atoms with Gasteiger partial charge in [0.15, 0.2) is 5.96 Å². The molecular formula is C12H23N5. The molecule has 0 saturated heterocycles. The number of nitrogens with zero attached hydrogens (tertiary/aromatic N) is 3. The van der Waals surface area contributed by atoms with Crippen LogP contribution in [0.3, 0.4) is 0 Å². The summed E-state index contributed by atoms with van der Waals surface area (Å²) in [5, 5.41) is 7.31. The van der Waals surface area contributed by atoms with Gasteiger partial charge in [0.25, 0.3) is 0 Å². The zero-order valence-corrected chi connectivity index (χ0v) is 10.9. The van der Waals surface area contributed by atoms with Crippen LogP contribution in [0.25, 0.3) is 0 Å². The number of aromatic nitrogens is 2. The molecule has 0 aromatic carbocycles. The summed E-state index contributed by atoms with van der Waals surface area (Å²) in [6.45, 7) is 8.87. The third-order valence-electron chi connectivity index (χ3n) is 2.32. The molecule has 5 heteroatoms. The van der Waals surface area contributed by atoms with Crippen molar-refractivity contribution in [1.29, 1.82) is 0 Å². The minimum atomic E-state index is 0.461. The maximum Gasteiger partial charge on any atom is 0.188 e. The van der Waals surface area contributed by atoms with Crippen molar-refractivity contribution in [3.8, 4) is 0 Å². The standard InChI is InChI=1S/C12H23N5/c1-10(2)7-14-12(13)15-8-11(3)9-17-6-4-5-16-17/h4-6,10-11H,7-9H2,1-3H3,(H3,13,14,15)/t11-/m1/s1. The highest BCUT2D eigenvalue weighted by Crippen LogP contribution is 1.97. The van der Waals surface area contributed by atoms with E-state index in [1.54, 1.807) is 6.20 Å². The van der Waals surface area contributed by atoms with E-state index >= 15 is 0 Å². The van der Waals surface area contributed by atoms with Gasteiger partial charge in [-0.05, 0) is 17.9 Å². The molecule has 0 fully saturated rings. The molecule has 3 N–H and O–H groups in total. The molecule has 0 saturated carbocycles. The molecule has 0 radical (unpaired) electrons. The molecule has 1 atom stereocenters. The number of nitrogens with one attached hydrogen (secondary N) is 1. The summed E-state index contributed by atoms with van der Waals surface area (Å²) in [4.78, 5) is 4.25. The van der Waals surface area contributed by atoms with Crippen molar-refractivity contribution in [2.45, 2.75) is 27.3 Å². The first-order valence-corrected chi connectivity index (χ1v) is 6.09. The van der Waals surface area contributed by atoms with Crippen LogP contribution in [0.1, 0.15) is 20.8 Å². The number of rotatable bonds is 6. The maximum atomic E-state index is 5.76. The Balaban J connectivity index is 2.23.